The minimum Gasteiger partial charge on any atom is -0.285 e. The van der Waals surface area contributed by atoms with Gasteiger partial charge in [-0.1, -0.05) is 35.9 Å². The van der Waals surface area contributed by atoms with E-state index in [9.17, 15) is 9.59 Å². The Balaban J connectivity index is 2.39. The van der Waals surface area contributed by atoms with Crippen LogP contribution in [0.5, 0.6) is 0 Å². The van der Waals surface area contributed by atoms with Gasteiger partial charge in [0.15, 0.2) is 0 Å². The molecule has 2 nitrogen and oxygen atoms in total. The predicted molar refractivity (Wildman–Crippen MR) is 75.1 cm³/mol. The average molecular weight is 267 g/mol. The number of hydrogen-bond donors (Lipinski definition) is 0. The van der Waals surface area contributed by atoms with Crippen molar-refractivity contribution in [3.8, 4) is 0 Å². The smallest absolute Gasteiger partial charge is 0.234 e. The van der Waals surface area contributed by atoms with Crippen LogP contribution < -0.4 is 0 Å². The summed E-state index contributed by atoms with van der Waals surface area (Å²) >= 11 is 6.20. The number of Topliss-reactive ketones (excluding diaryl/α,β-unsaturated/α-hetero) is 2. The average Bonchev–Trinajstić information content (AvgIpc) is 2.69. The highest BCUT2D eigenvalue weighted by molar-refractivity contribution is 6.59. The van der Waals surface area contributed by atoms with Crippen LogP contribution in [0.15, 0.2) is 42.5 Å². The zero-order valence-corrected chi connectivity index (χ0v) is 10.5. The second-order valence-corrected chi connectivity index (χ2v) is 5.06. The monoisotopic (exact) mass is 266 g/mol. The molecule has 3 aromatic carbocycles. The fraction of sp³-hybridized carbons (Fsp3) is 0. The molecule has 0 N–H and O–H groups in total. The van der Waals surface area contributed by atoms with Crippen molar-refractivity contribution in [1.82, 2.24) is 0 Å². The van der Waals surface area contributed by atoms with Crippen LogP contribution >= 0.6 is 11.6 Å². The molecule has 4 rings (SSSR count). The van der Waals surface area contributed by atoms with Crippen LogP contribution in [0.2, 0.25) is 5.02 Å². The number of carbonyl (C=O) groups is 2. The fourth-order valence-corrected chi connectivity index (χ4v) is 3.02. The molecule has 0 saturated carbocycles. The summed E-state index contributed by atoms with van der Waals surface area (Å²) in [5, 5.41) is 3.77. The Morgan fingerprint density at radius 1 is 0.842 bits per heavy atom. The van der Waals surface area contributed by atoms with Crippen molar-refractivity contribution in [2.75, 3.05) is 0 Å². The maximum absolute atomic E-state index is 12.2. The predicted octanol–water partition coefficient (Wildman–Crippen LogP) is 4.03. The first-order valence-corrected chi connectivity index (χ1v) is 6.29. The van der Waals surface area contributed by atoms with Crippen LogP contribution in [0.3, 0.4) is 0 Å². The Labute approximate surface area is 113 Å². The second kappa shape index (κ2) is 3.43. The van der Waals surface area contributed by atoms with Gasteiger partial charge in [0.05, 0.1) is 0 Å². The first-order chi connectivity index (χ1) is 9.18. The number of carbonyl (C=O) groups excluding carboxylic acids is 2. The van der Waals surface area contributed by atoms with Crippen LogP contribution in [-0.4, -0.2) is 11.6 Å². The van der Waals surface area contributed by atoms with Gasteiger partial charge in [-0.3, -0.25) is 9.59 Å². The summed E-state index contributed by atoms with van der Waals surface area (Å²) in [6, 6.07) is 12.8. The first kappa shape index (κ1) is 10.7. The molecule has 0 unspecified atom stereocenters. The summed E-state index contributed by atoms with van der Waals surface area (Å²) in [5.41, 5.74) is 0.959. The Bertz CT molecular complexity index is 909. The molecule has 0 amide bonds. The molecule has 1 aliphatic rings. The quantitative estimate of drug-likeness (QED) is 0.455. The number of fused-ring (bicyclic) bond motifs is 2. The maximum Gasteiger partial charge on any atom is 0.234 e. The van der Waals surface area contributed by atoms with Crippen molar-refractivity contribution < 1.29 is 9.59 Å². The van der Waals surface area contributed by atoms with Gasteiger partial charge in [0.2, 0.25) is 11.6 Å². The van der Waals surface area contributed by atoms with Gasteiger partial charge in [0, 0.05) is 26.9 Å². The zero-order chi connectivity index (χ0) is 13.1. The van der Waals surface area contributed by atoms with E-state index in [1.807, 2.05) is 30.3 Å². The molecule has 0 fully saturated rings. The Morgan fingerprint density at radius 3 is 2.47 bits per heavy atom. The molecule has 90 valence electrons. The topological polar surface area (TPSA) is 34.1 Å². The molecule has 0 heterocycles. The Hall–Kier alpha value is -2.19. The van der Waals surface area contributed by atoms with Gasteiger partial charge in [0.1, 0.15) is 0 Å². The highest BCUT2D eigenvalue weighted by atomic mass is 35.5. The third-order valence-electron chi connectivity index (χ3n) is 3.65. The molecule has 0 aliphatic heterocycles. The zero-order valence-electron chi connectivity index (χ0n) is 9.74. The molecule has 0 spiro atoms. The molecular formula is C16H7ClO2. The molecule has 0 bridgehead atoms. The minimum absolute atomic E-state index is 0.431. The van der Waals surface area contributed by atoms with E-state index in [4.69, 9.17) is 11.6 Å². The van der Waals surface area contributed by atoms with E-state index in [-0.39, 0.29) is 0 Å². The van der Waals surface area contributed by atoms with Crippen LogP contribution in [0.4, 0.5) is 0 Å². The summed E-state index contributed by atoms with van der Waals surface area (Å²) in [5.74, 6) is -0.868. The molecule has 0 atom stereocenters. The van der Waals surface area contributed by atoms with Gasteiger partial charge >= 0.3 is 0 Å². The summed E-state index contributed by atoms with van der Waals surface area (Å²) in [4.78, 5) is 24.2. The molecule has 3 aromatic rings. The first-order valence-electron chi connectivity index (χ1n) is 5.91. The SMILES string of the molecule is O=C1C(=O)c2c3ccccc3cc3c(Cl)ccc1c23. The summed E-state index contributed by atoms with van der Waals surface area (Å²) in [7, 11) is 0. The number of ketones is 2. The largest absolute Gasteiger partial charge is 0.285 e. The van der Waals surface area contributed by atoms with Gasteiger partial charge in [-0.25, -0.2) is 0 Å². The lowest BCUT2D eigenvalue weighted by molar-refractivity contribution is 0.0826. The minimum atomic E-state index is -0.437. The summed E-state index contributed by atoms with van der Waals surface area (Å²) < 4.78 is 0. The molecule has 19 heavy (non-hydrogen) atoms. The number of halogens is 1. The van der Waals surface area contributed by atoms with E-state index in [0.29, 0.717) is 21.5 Å². The van der Waals surface area contributed by atoms with Crippen molar-refractivity contribution in [2.45, 2.75) is 0 Å². The van der Waals surface area contributed by atoms with Crippen molar-refractivity contribution in [3.63, 3.8) is 0 Å². The fourth-order valence-electron chi connectivity index (χ4n) is 2.81. The number of benzene rings is 3. The Kier molecular flexibility index (Phi) is 1.93. The van der Waals surface area contributed by atoms with E-state index in [1.54, 1.807) is 12.1 Å². The van der Waals surface area contributed by atoms with Gasteiger partial charge in [0.25, 0.3) is 0 Å². The van der Waals surface area contributed by atoms with Gasteiger partial charge in [-0.2, -0.15) is 0 Å². The van der Waals surface area contributed by atoms with Crippen molar-refractivity contribution in [2.24, 2.45) is 0 Å². The summed E-state index contributed by atoms with van der Waals surface area (Å²) in [6.45, 7) is 0. The van der Waals surface area contributed by atoms with E-state index >= 15 is 0 Å². The van der Waals surface area contributed by atoms with E-state index < -0.39 is 11.6 Å². The summed E-state index contributed by atoms with van der Waals surface area (Å²) in [6.07, 6.45) is 0. The molecule has 3 heteroatoms. The van der Waals surface area contributed by atoms with Crippen LogP contribution in [-0.2, 0) is 0 Å². The Morgan fingerprint density at radius 2 is 1.63 bits per heavy atom. The lowest BCUT2D eigenvalue weighted by Gasteiger charge is -2.06. The third kappa shape index (κ3) is 1.22. The standard InChI is InChI=1S/C16H7ClO2/c17-12-6-5-10-13-11(12)7-8-3-1-2-4-9(8)14(13)16(19)15(10)18/h1-7H. The second-order valence-electron chi connectivity index (χ2n) is 4.65. The number of hydrogen-bond acceptors (Lipinski definition) is 2. The number of rotatable bonds is 0. The van der Waals surface area contributed by atoms with Crippen molar-refractivity contribution >= 4 is 44.7 Å². The molecule has 0 radical (unpaired) electrons. The van der Waals surface area contributed by atoms with E-state index in [2.05, 4.69) is 0 Å². The molecular weight excluding hydrogens is 260 g/mol. The van der Waals surface area contributed by atoms with Gasteiger partial charge < -0.3 is 0 Å². The van der Waals surface area contributed by atoms with Crippen LogP contribution in [0.25, 0.3) is 21.5 Å². The normalized spacial score (nSPS) is 13.7. The van der Waals surface area contributed by atoms with Crippen LogP contribution in [0, 0.1) is 0 Å². The molecule has 0 saturated heterocycles. The molecule has 1 aliphatic carbocycles. The highest BCUT2D eigenvalue weighted by Crippen LogP contribution is 2.39. The van der Waals surface area contributed by atoms with E-state index in [1.165, 1.54) is 0 Å². The van der Waals surface area contributed by atoms with Crippen LogP contribution in [0.1, 0.15) is 20.7 Å². The molecule has 0 aromatic heterocycles. The van der Waals surface area contributed by atoms with Crippen molar-refractivity contribution in [1.29, 1.82) is 0 Å². The maximum atomic E-state index is 12.2. The lowest BCUT2D eigenvalue weighted by Crippen LogP contribution is -2.06. The van der Waals surface area contributed by atoms with Gasteiger partial charge in [-0.15, -0.1) is 0 Å². The highest BCUT2D eigenvalue weighted by Gasteiger charge is 2.33. The van der Waals surface area contributed by atoms with Crippen molar-refractivity contribution in [3.05, 3.63) is 58.6 Å². The lowest BCUT2D eigenvalue weighted by atomic mass is 9.98. The third-order valence-corrected chi connectivity index (χ3v) is 3.98. The van der Waals surface area contributed by atoms with E-state index in [0.717, 1.165) is 16.2 Å². The van der Waals surface area contributed by atoms with Gasteiger partial charge in [-0.05, 0) is 29.0 Å².